The number of rotatable bonds is 27. The summed E-state index contributed by atoms with van der Waals surface area (Å²) in [6.45, 7) is 1.25. The third-order valence-electron chi connectivity index (χ3n) is 11.6. The molecule has 6 heterocycles. The third-order valence-corrected chi connectivity index (χ3v) is 12.6. The molecular weight excluding hydrogens is 1060 g/mol. The summed E-state index contributed by atoms with van der Waals surface area (Å²) in [7, 11) is 11.9. The molecule has 0 aliphatic rings. The third kappa shape index (κ3) is 16.7. The van der Waals surface area contributed by atoms with Crippen molar-refractivity contribution in [1.29, 1.82) is 0 Å². The second-order valence-electron chi connectivity index (χ2n) is 18.3. The number of hydrogen-bond donors (Lipinski definition) is 11. The van der Waals surface area contributed by atoms with Gasteiger partial charge in [0.2, 0.25) is 35.3 Å². The molecule has 10 amide bonds. The predicted molar refractivity (Wildman–Crippen MR) is 292 cm³/mol. The SMILES string of the molecule is CN(C)CCCNC(=O)CCNC(=O)c1cc(NC(=O)c2nc(NC(=O)CCNC(=O)c3scc(NC(=O)CCNC(=O)c4cc(NC(=O)c5nc(NC(=O)CCNC(=O)c6nccn6C)cn5C)cn4C)c3O)cn2C)cn1C. The first-order valence-corrected chi connectivity index (χ1v) is 25.7. The van der Waals surface area contributed by atoms with Crippen molar-refractivity contribution in [2.45, 2.75) is 32.1 Å². The lowest BCUT2D eigenvalue weighted by Gasteiger charge is -2.10. The van der Waals surface area contributed by atoms with Gasteiger partial charge >= 0.3 is 0 Å². The van der Waals surface area contributed by atoms with Crippen LogP contribution >= 0.6 is 11.3 Å². The molecule has 0 unspecified atom stereocenters. The van der Waals surface area contributed by atoms with Gasteiger partial charge in [-0.25, -0.2) is 15.0 Å². The first-order valence-electron chi connectivity index (χ1n) is 24.8. The molecule has 80 heavy (non-hydrogen) atoms. The number of carbonyl (C=O) groups is 10. The Labute approximate surface area is 461 Å². The molecule has 0 radical (unpaired) electrons. The number of imidazole rings is 3. The van der Waals surface area contributed by atoms with Crippen LogP contribution in [0.5, 0.6) is 5.75 Å². The van der Waals surface area contributed by atoms with Crippen LogP contribution < -0.4 is 53.2 Å². The van der Waals surface area contributed by atoms with Crippen molar-refractivity contribution in [2.24, 2.45) is 35.2 Å². The summed E-state index contributed by atoms with van der Waals surface area (Å²) < 4.78 is 7.31. The lowest BCUT2D eigenvalue weighted by Crippen LogP contribution is -2.32. The number of thiophene rings is 1. The van der Waals surface area contributed by atoms with E-state index in [0.29, 0.717) is 12.2 Å². The minimum absolute atomic E-state index is 0.0349. The van der Waals surface area contributed by atoms with Crippen LogP contribution in [0.15, 0.2) is 54.7 Å². The Balaban J connectivity index is 0.870. The highest BCUT2D eigenvalue weighted by Gasteiger charge is 2.23. The monoisotopic (exact) mass is 1130 g/mol. The molecule has 6 aromatic rings. The number of anilines is 5. The zero-order valence-corrected chi connectivity index (χ0v) is 45.8. The van der Waals surface area contributed by atoms with Crippen molar-refractivity contribution in [3.05, 3.63) is 88.4 Å². The number of aryl methyl sites for hydroxylation is 5. The Hall–Kier alpha value is -9.65. The van der Waals surface area contributed by atoms with Gasteiger partial charge in [-0.3, -0.25) is 47.9 Å². The van der Waals surface area contributed by atoms with Gasteiger partial charge in [-0.1, -0.05) is 0 Å². The molecule has 31 heteroatoms. The summed E-state index contributed by atoms with van der Waals surface area (Å²) >= 11 is 0.844. The standard InChI is InChI=1S/C49H63N19O11S/c1-63(2)19-8-13-50-35(69)9-14-52-44(74)31-21-28(23-65(31)4)56-48(78)42-61-33(25-67(42)6)59-37(71)11-16-54-46(76)40-39(73)30(27-80-40)58-36(70)10-15-53-45(75)32-22-29(24-66(32)5)57-49(79)43-62-34(26-68(43)7)60-38(72)12-17-55-47(77)41-51-18-20-64(41)3/h18,20-27,73H,8-17,19H2,1-7H3,(H,50,69)(H,52,74)(H,53,75)(H,54,76)(H,55,77)(H,56,78)(H,57,79)(H,58,70)(H,59,71)(H,60,72). The van der Waals surface area contributed by atoms with E-state index in [1.54, 1.807) is 46.0 Å². The van der Waals surface area contributed by atoms with Gasteiger partial charge in [0, 0.05) is 136 Å². The summed E-state index contributed by atoms with van der Waals surface area (Å²) in [6, 6.07) is 2.88. The molecule has 0 saturated heterocycles. The van der Waals surface area contributed by atoms with Crippen LogP contribution in [0.2, 0.25) is 0 Å². The highest BCUT2D eigenvalue weighted by molar-refractivity contribution is 7.13. The molecule has 0 aliphatic heterocycles. The number of nitrogens with zero attached hydrogens (tertiary/aromatic N) is 9. The summed E-state index contributed by atoms with van der Waals surface area (Å²) in [4.78, 5) is 142. The van der Waals surface area contributed by atoms with E-state index >= 15 is 0 Å². The number of carbonyl (C=O) groups excluding carboxylic acids is 10. The highest BCUT2D eigenvalue weighted by Crippen LogP contribution is 2.34. The van der Waals surface area contributed by atoms with Gasteiger partial charge in [-0.15, -0.1) is 11.3 Å². The maximum Gasteiger partial charge on any atom is 0.291 e. The van der Waals surface area contributed by atoms with Crippen LogP contribution in [0.25, 0.3) is 0 Å². The second kappa shape index (κ2) is 27.6. The van der Waals surface area contributed by atoms with Crippen LogP contribution in [0.4, 0.5) is 28.7 Å². The summed E-state index contributed by atoms with van der Waals surface area (Å²) in [5, 5.41) is 38.4. The van der Waals surface area contributed by atoms with E-state index in [9.17, 15) is 53.1 Å². The Kier molecular flexibility index (Phi) is 20.6. The number of nitrogens with one attached hydrogen (secondary N) is 10. The topological polar surface area (TPSA) is 378 Å². The molecule has 30 nitrogen and oxygen atoms in total. The van der Waals surface area contributed by atoms with Crippen molar-refractivity contribution in [1.82, 2.24) is 69.3 Å². The van der Waals surface area contributed by atoms with Crippen molar-refractivity contribution in [3.8, 4) is 5.75 Å². The van der Waals surface area contributed by atoms with Gasteiger partial charge in [-0.2, -0.15) is 0 Å². The fourth-order valence-electron chi connectivity index (χ4n) is 7.59. The van der Waals surface area contributed by atoms with Crippen molar-refractivity contribution < 1.29 is 53.1 Å². The first-order chi connectivity index (χ1) is 38.1. The summed E-state index contributed by atoms with van der Waals surface area (Å²) in [5.41, 5.74) is 0.892. The number of hydrogen-bond acceptors (Lipinski definition) is 16. The molecule has 0 bridgehead atoms. The lowest BCUT2D eigenvalue weighted by molar-refractivity contribution is -0.121. The van der Waals surface area contributed by atoms with Gasteiger partial charge in [0.05, 0.1) is 17.1 Å². The molecular formula is C49H63N19O11S. The van der Waals surface area contributed by atoms with Crippen LogP contribution in [-0.2, 0) is 54.4 Å². The molecule has 426 valence electrons. The van der Waals surface area contributed by atoms with Gasteiger partial charge in [0.15, 0.2) is 23.2 Å². The molecule has 6 rings (SSSR count). The molecule has 6 aromatic heterocycles. The summed E-state index contributed by atoms with van der Waals surface area (Å²) in [6.07, 6.45) is 9.38. The average molecular weight is 1130 g/mol. The molecule has 0 aliphatic carbocycles. The van der Waals surface area contributed by atoms with Crippen LogP contribution in [0, 0.1) is 0 Å². The quantitative estimate of drug-likeness (QED) is 0.0309. The minimum Gasteiger partial charge on any atom is -0.504 e. The smallest absolute Gasteiger partial charge is 0.291 e. The number of amides is 10. The van der Waals surface area contributed by atoms with E-state index in [2.05, 4.69) is 68.1 Å². The highest BCUT2D eigenvalue weighted by atomic mass is 32.1. The van der Waals surface area contributed by atoms with E-state index in [1.807, 2.05) is 19.0 Å². The normalized spacial score (nSPS) is 10.9. The second-order valence-corrected chi connectivity index (χ2v) is 19.2. The fraction of sp³-hybridized carbons (Fsp3) is 0.367. The minimum atomic E-state index is -0.718. The first kappa shape index (κ1) is 59.6. The fourth-order valence-corrected chi connectivity index (χ4v) is 8.39. The van der Waals surface area contributed by atoms with E-state index in [0.717, 1.165) is 24.3 Å². The van der Waals surface area contributed by atoms with Crippen LogP contribution in [0.3, 0.4) is 0 Å². The van der Waals surface area contributed by atoms with Gasteiger partial charge in [0.25, 0.3) is 35.4 Å². The largest absolute Gasteiger partial charge is 0.504 e. The van der Waals surface area contributed by atoms with E-state index in [1.165, 1.54) is 66.8 Å². The molecule has 11 N–H and O–H groups in total. The van der Waals surface area contributed by atoms with Crippen molar-refractivity contribution in [3.63, 3.8) is 0 Å². The number of aromatic nitrogens is 8. The Morgan fingerprint density at radius 2 is 0.975 bits per heavy atom. The lowest BCUT2D eigenvalue weighted by atomic mass is 10.3. The average Bonchev–Trinajstić information content (AvgIpc) is 4.30. The van der Waals surface area contributed by atoms with Gasteiger partial charge in [-0.05, 0) is 39.2 Å². The Bertz CT molecular complexity index is 3290. The Morgan fingerprint density at radius 1 is 0.512 bits per heavy atom. The Morgan fingerprint density at radius 3 is 1.45 bits per heavy atom. The maximum absolute atomic E-state index is 13.1. The van der Waals surface area contributed by atoms with Crippen molar-refractivity contribution >= 4 is 99.1 Å². The zero-order chi connectivity index (χ0) is 58.2. The van der Waals surface area contributed by atoms with E-state index in [-0.39, 0.29) is 115 Å². The van der Waals surface area contributed by atoms with Gasteiger partial charge < -0.3 is 86.0 Å². The number of aromatic hydroxyl groups is 1. The van der Waals surface area contributed by atoms with E-state index < -0.39 is 58.9 Å². The van der Waals surface area contributed by atoms with Crippen molar-refractivity contribution in [2.75, 3.05) is 79.9 Å². The van der Waals surface area contributed by atoms with Crippen LogP contribution in [-0.4, -0.2) is 160 Å². The van der Waals surface area contributed by atoms with E-state index in [4.69, 9.17) is 0 Å². The zero-order valence-electron chi connectivity index (χ0n) is 44.9. The van der Waals surface area contributed by atoms with Gasteiger partial charge in [0.1, 0.15) is 16.3 Å². The molecule has 0 atom stereocenters. The molecule has 0 saturated carbocycles. The maximum atomic E-state index is 13.1. The molecule has 0 fully saturated rings. The summed E-state index contributed by atoms with van der Waals surface area (Å²) in [5.74, 6) is -5.46. The van der Waals surface area contributed by atoms with Crippen LogP contribution in [0.1, 0.15) is 94.6 Å². The molecule has 0 spiro atoms. The molecule has 0 aromatic carbocycles. The predicted octanol–water partition coefficient (Wildman–Crippen LogP) is 0.299.